The average molecular weight is 153 g/mol. The average Bonchev–Trinajstić information content (AvgIpc) is 1.62. The van der Waals surface area contributed by atoms with Gasteiger partial charge in [-0.3, -0.25) is 4.55 Å². The predicted molar refractivity (Wildman–Crippen MR) is 34.4 cm³/mol. The second kappa shape index (κ2) is 3.14. The van der Waals surface area contributed by atoms with Crippen LogP contribution < -0.4 is 4.72 Å². The molecule has 0 spiro atoms. The van der Waals surface area contributed by atoms with Crippen molar-refractivity contribution in [3.05, 3.63) is 0 Å². The van der Waals surface area contributed by atoms with Gasteiger partial charge in [-0.1, -0.05) is 6.92 Å². The fraction of sp³-hybridized carbons (Fsp3) is 1.00. The quantitative estimate of drug-likeness (QED) is 0.568. The SMILES string of the molecule is CC[C@H](C)NS(=O)(=O)O. The Morgan fingerprint density at radius 1 is 1.67 bits per heavy atom. The van der Waals surface area contributed by atoms with Crippen LogP contribution >= 0.6 is 0 Å². The summed E-state index contributed by atoms with van der Waals surface area (Å²) in [5.74, 6) is 0. The van der Waals surface area contributed by atoms with E-state index in [9.17, 15) is 8.42 Å². The van der Waals surface area contributed by atoms with Crippen LogP contribution in [0.5, 0.6) is 0 Å². The van der Waals surface area contributed by atoms with E-state index < -0.39 is 10.3 Å². The Balaban J connectivity index is 3.75. The first kappa shape index (κ1) is 8.87. The zero-order valence-electron chi connectivity index (χ0n) is 5.46. The van der Waals surface area contributed by atoms with E-state index in [2.05, 4.69) is 0 Å². The minimum Gasteiger partial charge on any atom is -0.273 e. The molecule has 0 amide bonds. The summed E-state index contributed by atoms with van der Waals surface area (Å²) in [6.07, 6.45) is 0.666. The third-order valence-electron chi connectivity index (χ3n) is 0.962. The molecule has 0 aliphatic carbocycles. The Kier molecular flexibility index (Phi) is 3.10. The standard InChI is InChI=1S/C4H11NO3S/c1-3-4(2)5-9(6,7)8/h4-5H,3H2,1-2H3,(H,6,7,8)/t4-/m0/s1. The Hall–Kier alpha value is -0.130. The van der Waals surface area contributed by atoms with Crippen LogP contribution in [0.3, 0.4) is 0 Å². The van der Waals surface area contributed by atoms with E-state index in [1.807, 2.05) is 11.6 Å². The first-order valence-corrected chi connectivity index (χ1v) is 4.14. The van der Waals surface area contributed by atoms with Gasteiger partial charge in [0.2, 0.25) is 0 Å². The van der Waals surface area contributed by atoms with Crippen LogP contribution in [-0.2, 0) is 10.3 Å². The molecule has 0 aromatic carbocycles. The van der Waals surface area contributed by atoms with Gasteiger partial charge in [0.15, 0.2) is 0 Å². The highest BCUT2D eigenvalue weighted by Crippen LogP contribution is 1.88. The number of hydrogen-bond acceptors (Lipinski definition) is 2. The molecule has 0 aliphatic rings. The lowest BCUT2D eigenvalue weighted by Gasteiger charge is -2.05. The van der Waals surface area contributed by atoms with E-state index in [0.717, 1.165) is 0 Å². The predicted octanol–water partition coefficient (Wildman–Crippen LogP) is 0.177. The molecule has 1 atom stereocenters. The maximum atomic E-state index is 10.0. The summed E-state index contributed by atoms with van der Waals surface area (Å²) in [7, 11) is -3.99. The molecule has 0 bridgehead atoms. The summed E-state index contributed by atoms with van der Waals surface area (Å²) < 4.78 is 30.3. The Morgan fingerprint density at radius 2 is 2.11 bits per heavy atom. The summed E-state index contributed by atoms with van der Waals surface area (Å²) in [6.45, 7) is 3.50. The molecule has 0 aliphatic heterocycles. The lowest BCUT2D eigenvalue weighted by atomic mass is 10.3. The molecule has 0 unspecified atom stereocenters. The van der Waals surface area contributed by atoms with Crippen LogP contribution in [0, 0.1) is 0 Å². The van der Waals surface area contributed by atoms with Crippen molar-refractivity contribution in [2.75, 3.05) is 0 Å². The fourth-order valence-electron chi connectivity index (χ4n) is 0.338. The van der Waals surface area contributed by atoms with Gasteiger partial charge in [-0.05, 0) is 13.3 Å². The van der Waals surface area contributed by atoms with E-state index in [4.69, 9.17) is 4.55 Å². The highest BCUT2D eigenvalue weighted by atomic mass is 32.2. The van der Waals surface area contributed by atoms with E-state index in [-0.39, 0.29) is 6.04 Å². The number of hydrogen-bond donors (Lipinski definition) is 2. The van der Waals surface area contributed by atoms with Crippen LogP contribution in [0.1, 0.15) is 20.3 Å². The lowest BCUT2D eigenvalue weighted by Crippen LogP contribution is -2.31. The molecule has 9 heavy (non-hydrogen) atoms. The highest BCUT2D eigenvalue weighted by Gasteiger charge is 2.06. The third-order valence-corrected chi connectivity index (χ3v) is 1.66. The van der Waals surface area contributed by atoms with Crippen LogP contribution in [0.4, 0.5) is 0 Å². The van der Waals surface area contributed by atoms with Gasteiger partial charge in [0.25, 0.3) is 0 Å². The number of rotatable bonds is 3. The van der Waals surface area contributed by atoms with Gasteiger partial charge in [0.1, 0.15) is 0 Å². The van der Waals surface area contributed by atoms with Gasteiger partial charge >= 0.3 is 10.3 Å². The fourth-order valence-corrected chi connectivity index (χ4v) is 1.01. The molecular weight excluding hydrogens is 142 g/mol. The molecule has 0 rings (SSSR count). The molecule has 0 fully saturated rings. The van der Waals surface area contributed by atoms with Gasteiger partial charge < -0.3 is 0 Å². The van der Waals surface area contributed by atoms with Crippen molar-refractivity contribution in [2.24, 2.45) is 0 Å². The summed E-state index contributed by atoms with van der Waals surface area (Å²) in [5, 5.41) is 0. The molecule has 0 saturated carbocycles. The maximum absolute atomic E-state index is 10.0. The number of nitrogens with one attached hydrogen (secondary N) is 1. The largest absolute Gasteiger partial charge is 0.333 e. The molecule has 0 aromatic heterocycles. The van der Waals surface area contributed by atoms with Crippen molar-refractivity contribution in [3.63, 3.8) is 0 Å². The van der Waals surface area contributed by atoms with Crippen molar-refractivity contribution >= 4 is 10.3 Å². The Morgan fingerprint density at radius 3 is 2.22 bits per heavy atom. The minimum atomic E-state index is -3.99. The van der Waals surface area contributed by atoms with Crippen LogP contribution in [0.15, 0.2) is 0 Å². The van der Waals surface area contributed by atoms with Gasteiger partial charge in [0.05, 0.1) is 0 Å². The summed E-state index contributed by atoms with van der Waals surface area (Å²) in [5.41, 5.74) is 0. The van der Waals surface area contributed by atoms with Crippen LogP contribution in [-0.4, -0.2) is 19.0 Å². The molecule has 0 radical (unpaired) electrons. The van der Waals surface area contributed by atoms with Gasteiger partial charge in [-0.15, -0.1) is 0 Å². The monoisotopic (exact) mass is 153 g/mol. The van der Waals surface area contributed by atoms with Crippen LogP contribution in [0.2, 0.25) is 0 Å². The summed E-state index contributed by atoms with van der Waals surface area (Å²) in [4.78, 5) is 0. The molecule has 5 heteroatoms. The summed E-state index contributed by atoms with van der Waals surface area (Å²) in [6, 6.07) is -0.194. The van der Waals surface area contributed by atoms with Crippen molar-refractivity contribution in [1.82, 2.24) is 4.72 Å². The second-order valence-corrected chi connectivity index (χ2v) is 3.09. The molecule has 2 N–H and O–H groups in total. The van der Waals surface area contributed by atoms with E-state index in [1.54, 1.807) is 6.92 Å². The van der Waals surface area contributed by atoms with Crippen molar-refractivity contribution in [2.45, 2.75) is 26.3 Å². The van der Waals surface area contributed by atoms with Crippen molar-refractivity contribution < 1.29 is 13.0 Å². The Bertz CT molecular complexity index is 163. The van der Waals surface area contributed by atoms with E-state index >= 15 is 0 Å². The first-order valence-electron chi connectivity index (χ1n) is 2.70. The maximum Gasteiger partial charge on any atom is 0.333 e. The van der Waals surface area contributed by atoms with Crippen molar-refractivity contribution in [3.8, 4) is 0 Å². The van der Waals surface area contributed by atoms with Crippen LogP contribution in [0.25, 0.3) is 0 Å². The molecule has 0 heterocycles. The topological polar surface area (TPSA) is 66.4 Å². The minimum absolute atomic E-state index is 0.194. The molecule has 0 saturated heterocycles. The highest BCUT2D eigenvalue weighted by molar-refractivity contribution is 7.83. The van der Waals surface area contributed by atoms with Gasteiger partial charge in [0, 0.05) is 6.04 Å². The van der Waals surface area contributed by atoms with E-state index in [1.165, 1.54) is 0 Å². The molecule has 0 aromatic rings. The molecule has 4 nitrogen and oxygen atoms in total. The van der Waals surface area contributed by atoms with Gasteiger partial charge in [-0.2, -0.15) is 13.1 Å². The van der Waals surface area contributed by atoms with E-state index in [0.29, 0.717) is 6.42 Å². The third kappa shape index (κ3) is 5.75. The second-order valence-electron chi connectivity index (χ2n) is 1.90. The normalized spacial score (nSPS) is 15.4. The summed E-state index contributed by atoms with van der Waals surface area (Å²) >= 11 is 0. The van der Waals surface area contributed by atoms with Crippen molar-refractivity contribution in [1.29, 1.82) is 0 Å². The molecular formula is C4H11NO3S. The zero-order valence-corrected chi connectivity index (χ0v) is 6.27. The van der Waals surface area contributed by atoms with Gasteiger partial charge in [-0.25, -0.2) is 0 Å². The smallest absolute Gasteiger partial charge is 0.273 e. The molecule has 56 valence electrons. The zero-order chi connectivity index (χ0) is 7.49. The first-order chi connectivity index (χ1) is 3.95. The lowest BCUT2D eigenvalue weighted by molar-refractivity contribution is 0.453. The Labute approximate surface area is 55.1 Å².